The Kier molecular flexibility index (Phi) is 8.00. The number of halogens is 4. The molecule has 170 valence electrons. The van der Waals surface area contributed by atoms with E-state index in [0.29, 0.717) is 26.1 Å². The predicted octanol–water partition coefficient (Wildman–Crippen LogP) is 5.54. The number of Topliss-reactive ketones (excluding diaryl/α,β-unsaturated/α-hetero) is 1. The van der Waals surface area contributed by atoms with E-state index < -0.39 is 23.0 Å². The summed E-state index contributed by atoms with van der Waals surface area (Å²) < 4.78 is 65.8. The molecule has 0 radical (unpaired) electrons. The number of hydrogen-bond donors (Lipinski definition) is 0. The van der Waals surface area contributed by atoms with Gasteiger partial charge in [-0.3, -0.25) is 4.79 Å². The van der Waals surface area contributed by atoms with E-state index in [9.17, 15) is 22.4 Å². The van der Waals surface area contributed by atoms with Crippen LogP contribution >= 0.6 is 0 Å². The number of benzene rings is 2. The number of alkyl halides is 4. The van der Waals surface area contributed by atoms with Crippen molar-refractivity contribution in [3.63, 3.8) is 0 Å². The second kappa shape index (κ2) is 9.92. The standard InChI is InChI=1S/C24H28F4O3/c1-17(29)24(27,28)21-11-7-19(8-12-21)14-23(15-30-3,16-31-4)13-18-5-9-20(10-6-18)22(2,25)26/h5-12H,13-16H2,1-4H3. The molecule has 2 rings (SSSR count). The fraction of sp³-hybridized carbons (Fsp3) is 0.458. The summed E-state index contributed by atoms with van der Waals surface area (Å²) in [4.78, 5) is 11.2. The molecule has 0 spiro atoms. The van der Waals surface area contributed by atoms with E-state index in [1.807, 2.05) is 0 Å². The van der Waals surface area contributed by atoms with Crippen molar-refractivity contribution < 1.29 is 31.8 Å². The molecule has 2 aromatic rings. The number of ketones is 1. The number of rotatable bonds is 11. The second-order valence-corrected chi connectivity index (χ2v) is 8.13. The highest BCUT2D eigenvalue weighted by Crippen LogP contribution is 2.33. The molecular weight excluding hydrogens is 412 g/mol. The van der Waals surface area contributed by atoms with Crippen LogP contribution in [0.25, 0.3) is 0 Å². The van der Waals surface area contributed by atoms with Crippen molar-refractivity contribution in [1.29, 1.82) is 0 Å². The molecule has 0 fully saturated rings. The first-order valence-corrected chi connectivity index (χ1v) is 9.87. The van der Waals surface area contributed by atoms with Gasteiger partial charge < -0.3 is 9.47 Å². The van der Waals surface area contributed by atoms with Gasteiger partial charge in [-0.25, -0.2) is 8.78 Å². The Bertz CT molecular complexity index is 850. The highest BCUT2D eigenvalue weighted by atomic mass is 19.3. The van der Waals surface area contributed by atoms with Gasteiger partial charge in [0.25, 0.3) is 5.92 Å². The maximum atomic E-state index is 14.0. The molecule has 31 heavy (non-hydrogen) atoms. The van der Waals surface area contributed by atoms with E-state index in [4.69, 9.17) is 9.47 Å². The lowest BCUT2D eigenvalue weighted by Crippen LogP contribution is -2.36. The molecular formula is C24H28F4O3. The molecule has 2 aromatic carbocycles. The van der Waals surface area contributed by atoms with Crippen LogP contribution in [0.5, 0.6) is 0 Å². The first kappa shape index (κ1) is 25.0. The van der Waals surface area contributed by atoms with Gasteiger partial charge in [-0.2, -0.15) is 8.78 Å². The Morgan fingerprint density at radius 1 is 0.774 bits per heavy atom. The van der Waals surface area contributed by atoms with E-state index in [0.717, 1.165) is 25.0 Å². The molecule has 0 N–H and O–H groups in total. The molecule has 0 amide bonds. The molecule has 0 heterocycles. The summed E-state index contributed by atoms with van der Waals surface area (Å²) in [5.41, 5.74) is 0.645. The van der Waals surface area contributed by atoms with Crippen LogP contribution in [-0.2, 0) is 39.0 Å². The van der Waals surface area contributed by atoms with Crippen LogP contribution in [0.3, 0.4) is 0 Å². The molecule has 3 nitrogen and oxygen atoms in total. The van der Waals surface area contributed by atoms with Crippen LogP contribution in [0.15, 0.2) is 48.5 Å². The van der Waals surface area contributed by atoms with Crippen molar-refractivity contribution >= 4 is 5.78 Å². The summed E-state index contributed by atoms with van der Waals surface area (Å²) >= 11 is 0. The van der Waals surface area contributed by atoms with E-state index in [1.54, 1.807) is 38.5 Å². The van der Waals surface area contributed by atoms with E-state index in [1.165, 1.54) is 24.3 Å². The Hall–Kier alpha value is -2.25. The highest BCUT2D eigenvalue weighted by molar-refractivity contribution is 5.84. The van der Waals surface area contributed by atoms with Gasteiger partial charge in [0.15, 0.2) is 0 Å². The van der Waals surface area contributed by atoms with Crippen LogP contribution in [0.4, 0.5) is 17.6 Å². The molecule has 7 heteroatoms. The molecule has 0 aromatic heterocycles. The highest BCUT2D eigenvalue weighted by Gasteiger charge is 2.37. The number of carbonyl (C=O) groups is 1. The van der Waals surface area contributed by atoms with Gasteiger partial charge in [-0.05, 0) is 24.0 Å². The molecule has 0 aliphatic rings. The van der Waals surface area contributed by atoms with Crippen LogP contribution in [0.2, 0.25) is 0 Å². The normalized spacial score (nSPS) is 12.8. The van der Waals surface area contributed by atoms with Crippen LogP contribution in [-0.4, -0.2) is 33.2 Å². The van der Waals surface area contributed by atoms with Gasteiger partial charge in [0.05, 0.1) is 13.2 Å². The summed E-state index contributed by atoms with van der Waals surface area (Å²) in [6.45, 7) is 2.34. The molecule has 0 atom stereocenters. The quantitative estimate of drug-likeness (QED) is 0.430. The summed E-state index contributed by atoms with van der Waals surface area (Å²) in [6.07, 6.45) is 0.932. The molecule has 0 saturated heterocycles. The lowest BCUT2D eigenvalue weighted by atomic mass is 9.77. The van der Waals surface area contributed by atoms with Gasteiger partial charge >= 0.3 is 5.92 Å². The molecule has 0 bridgehead atoms. The van der Waals surface area contributed by atoms with Crippen molar-refractivity contribution in [2.45, 2.75) is 38.5 Å². The first-order valence-electron chi connectivity index (χ1n) is 9.87. The zero-order valence-corrected chi connectivity index (χ0v) is 18.2. The Morgan fingerprint density at radius 3 is 1.48 bits per heavy atom. The average Bonchev–Trinajstić information content (AvgIpc) is 2.68. The lowest BCUT2D eigenvalue weighted by Gasteiger charge is -2.33. The van der Waals surface area contributed by atoms with Crippen molar-refractivity contribution in [2.75, 3.05) is 27.4 Å². The van der Waals surface area contributed by atoms with Gasteiger partial charge in [-0.1, -0.05) is 48.5 Å². The monoisotopic (exact) mass is 440 g/mol. The van der Waals surface area contributed by atoms with Crippen molar-refractivity contribution in [1.82, 2.24) is 0 Å². The number of hydrogen-bond acceptors (Lipinski definition) is 3. The summed E-state index contributed by atoms with van der Waals surface area (Å²) in [5, 5.41) is 0. The largest absolute Gasteiger partial charge is 0.384 e. The fourth-order valence-corrected chi connectivity index (χ4v) is 3.74. The third-order valence-corrected chi connectivity index (χ3v) is 5.28. The number of carbonyl (C=O) groups excluding carboxylic acids is 1. The topological polar surface area (TPSA) is 35.5 Å². The van der Waals surface area contributed by atoms with E-state index >= 15 is 0 Å². The maximum absolute atomic E-state index is 14.0. The van der Waals surface area contributed by atoms with Crippen molar-refractivity contribution in [2.24, 2.45) is 5.41 Å². The lowest BCUT2D eigenvalue weighted by molar-refractivity contribution is -0.141. The van der Waals surface area contributed by atoms with Gasteiger partial charge in [-0.15, -0.1) is 0 Å². The van der Waals surface area contributed by atoms with Crippen molar-refractivity contribution in [3.8, 4) is 0 Å². The van der Waals surface area contributed by atoms with Crippen LogP contribution in [0.1, 0.15) is 36.1 Å². The first-order chi connectivity index (χ1) is 14.4. The number of methoxy groups -OCH3 is 2. The van der Waals surface area contributed by atoms with Crippen LogP contribution < -0.4 is 0 Å². The second-order valence-electron chi connectivity index (χ2n) is 8.13. The van der Waals surface area contributed by atoms with E-state index in [2.05, 4.69) is 0 Å². The zero-order chi connectivity index (χ0) is 23.3. The minimum atomic E-state index is -3.53. The van der Waals surface area contributed by atoms with Gasteiger partial charge in [0.2, 0.25) is 5.78 Å². The maximum Gasteiger partial charge on any atom is 0.330 e. The Labute approximate surface area is 180 Å². The summed E-state index contributed by atoms with van der Waals surface area (Å²) in [6, 6.07) is 11.7. The summed E-state index contributed by atoms with van der Waals surface area (Å²) in [7, 11) is 3.11. The predicted molar refractivity (Wildman–Crippen MR) is 111 cm³/mol. The molecule has 0 aliphatic carbocycles. The minimum Gasteiger partial charge on any atom is -0.384 e. The average molecular weight is 440 g/mol. The van der Waals surface area contributed by atoms with Gasteiger partial charge in [0.1, 0.15) is 0 Å². The third-order valence-electron chi connectivity index (χ3n) is 5.28. The Balaban J connectivity index is 2.30. The van der Waals surface area contributed by atoms with E-state index in [-0.39, 0.29) is 11.1 Å². The molecule has 0 saturated carbocycles. The van der Waals surface area contributed by atoms with Gasteiger partial charge in [0, 0.05) is 44.6 Å². The zero-order valence-electron chi connectivity index (χ0n) is 18.2. The Morgan fingerprint density at radius 2 is 1.16 bits per heavy atom. The minimum absolute atomic E-state index is 0.0673. The summed E-state index contributed by atoms with van der Waals surface area (Å²) in [5.74, 6) is -7.66. The van der Waals surface area contributed by atoms with Crippen molar-refractivity contribution in [3.05, 3.63) is 70.8 Å². The molecule has 0 aliphatic heterocycles. The SMILES string of the molecule is COCC(COC)(Cc1ccc(C(C)(F)F)cc1)Cc1ccc(C(F)(F)C(C)=O)cc1. The fourth-order valence-electron chi connectivity index (χ4n) is 3.74. The molecule has 0 unspecified atom stereocenters. The smallest absolute Gasteiger partial charge is 0.330 e. The third kappa shape index (κ3) is 6.37. The number of ether oxygens (including phenoxy) is 2. The van der Waals surface area contributed by atoms with Crippen LogP contribution in [0, 0.1) is 5.41 Å².